The number of carbonyl (C=O) groups is 3. The van der Waals surface area contributed by atoms with Crippen LogP contribution in [-0.4, -0.2) is 32.1 Å². The molecule has 0 aromatic heterocycles. The molecule has 0 spiro atoms. The second kappa shape index (κ2) is 10.1. The van der Waals surface area contributed by atoms with Crippen LogP contribution in [0.15, 0.2) is 88.9 Å². The van der Waals surface area contributed by atoms with E-state index >= 15 is 0 Å². The summed E-state index contributed by atoms with van der Waals surface area (Å²) in [5.41, 5.74) is 1.98. The van der Waals surface area contributed by atoms with Crippen molar-refractivity contribution >= 4 is 62.0 Å². The molecular weight excluding hydrogens is 548 g/mol. The third-order valence-corrected chi connectivity index (χ3v) is 6.87. The van der Waals surface area contributed by atoms with Crippen molar-refractivity contribution in [3.05, 3.63) is 100 Å². The number of methoxy groups -OCH3 is 2. The molecule has 0 saturated carbocycles. The van der Waals surface area contributed by atoms with E-state index in [1.165, 1.54) is 20.3 Å². The van der Waals surface area contributed by atoms with Gasteiger partial charge < -0.3 is 9.47 Å². The number of rotatable bonds is 5. The third kappa shape index (κ3) is 4.33. The van der Waals surface area contributed by atoms with Crippen LogP contribution in [0.25, 0.3) is 16.8 Å². The molecule has 5 rings (SSSR count). The Morgan fingerprint density at radius 2 is 1.50 bits per heavy atom. The first-order valence-corrected chi connectivity index (χ1v) is 12.5. The first-order valence-electron chi connectivity index (χ1n) is 11.7. The SMILES string of the molecule is COc1cc(/C=C2\C(=O)N(c3cccc(C)c3)C(=O)N(c3cccc4ccccc34)C2=O)cc(Br)c1OC. The average Bonchev–Trinajstić information content (AvgIpc) is 2.91. The molecule has 0 unspecified atom stereocenters. The number of nitrogens with zero attached hydrogens (tertiary/aromatic N) is 2. The second-order valence-corrected chi connectivity index (χ2v) is 9.55. The number of amides is 4. The summed E-state index contributed by atoms with van der Waals surface area (Å²) in [5, 5.41) is 1.57. The van der Waals surface area contributed by atoms with Crippen LogP contribution in [0, 0.1) is 6.92 Å². The van der Waals surface area contributed by atoms with Gasteiger partial charge in [0.1, 0.15) is 5.57 Å². The van der Waals surface area contributed by atoms with E-state index in [1.54, 1.807) is 42.5 Å². The molecule has 0 radical (unpaired) electrons. The van der Waals surface area contributed by atoms with E-state index in [2.05, 4.69) is 15.9 Å². The second-order valence-electron chi connectivity index (χ2n) is 8.70. The number of aryl methyl sites for hydroxylation is 1. The Morgan fingerprint density at radius 1 is 0.789 bits per heavy atom. The average molecular weight is 571 g/mol. The van der Waals surface area contributed by atoms with Crippen LogP contribution in [0.5, 0.6) is 11.5 Å². The van der Waals surface area contributed by atoms with E-state index in [0.717, 1.165) is 20.7 Å². The number of hydrogen-bond donors (Lipinski definition) is 0. The number of anilines is 2. The van der Waals surface area contributed by atoms with Crippen molar-refractivity contribution in [2.75, 3.05) is 24.0 Å². The lowest BCUT2D eigenvalue weighted by Gasteiger charge is -2.34. The molecule has 190 valence electrons. The fraction of sp³-hybridized carbons (Fsp3) is 0.100. The van der Waals surface area contributed by atoms with E-state index in [4.69, 9.17) is 9.47 Å². The van der Waals surface area contributed by atoms with Crippen molar-refractivity contribution in [2.24, 2.45) is 0 Å². The third-order valence-electron chi connectivity index (χ3n) is 6.28. The summed E-state index contributed by atoms with van der Waals surface area (Å²) in [4.78, 5) is 43.7. The van der Waals surface area contributed by atoms with Crippen LogP contribution in [0.3, 0.4) is 0 Å². The molecule has 8 heteroatoms. The number of fused-ring (bicyclic) bond motifs is 1. The first kappa shape index (κ1) is 25.2. The van der Waals surface area contributed by atoms with Gasteiger partial charge in [-0.15, -0.1) is 0 Å². The standard InChI is InChI=1S/C30H23BrN2O5/c1-18-8-6-11-21(14-18)32-28(34)23(15-19-16-24(31)27(38-3)26(17-19)37-2)29(35)33(30(32)36)25-13-7-10-20-9-4-5-12-22(20)25/h4-17H,1-3H3/b23-15+. The summed E-state index contributed by atoms with van der Waals surface area (Å²) in [6.45, 7) is 1.87. The Kier molecular flexibility index (Phi) is 6.73. The number of barbiturate groups is 1. The predicted octanol–water partition coefficient (Wildman–Crippen LogP) is 6.51. The van der Waals surface area contributed by atoms with Crippen LogP contribution in [0.2, 0.25) is 0 Å². The van der Waals surface area contributed by atoms with Crippen molar-refractivity contribution in [1.82, 2.24) is 0 Å². The highest BCUT2D eigenvalue weighted by Crippen LogP contribution is 2.38. The molecule has 0 N–H and O–H groups in total. The van der Waals surface area contributed by atoms with Gasteiger partial charge in [0.05, 0.1) is 30.1 Å². The molecule has 4 aromatic rings. The van der Waals surface area contributed by atoms with Crippen LogP contribution in [0.1, 0.15) is 11.1 Å². The van der Waals surface area contributed by atoms with Crippen molar-refractivity contribution < 1.29 is 23.9 Å². The molecule has 38 heavy (non-hydrogen) atoms. The van der Waals surface area contributed by atoms with Crippen LogP contribution in [0.4, 0.5) is 16.2 Å². The van der Waals surface area contributed by atoms with Crippen molar-refractivity contribution in [1.29, 1.82) is 0 Å². The molecule has 0 aliphatic carbocycles. The highest BCUT2D eigenvalue weighted by atomic mass is 79.9. The number of carbonyl (C=O) groups excluding carboxylic acids is 3. The fourth-order valence-corrected chi connectivity index (χ4v) is 5.15. The minimum Gasteiger partial charge on any atom is -0.493 e. The molecule has 7 nitrogen and oxygen atoms in total. The number of imide groups is 2. The Bertz CT molecular complexity index is 1640. The zero-order chi connectivity index (χ0) is 27.0. The van der Waals surface area contributed by atoms with Gasteiger partial charge in [0.2, 0.25) is 0 Å². The molecule has 1 heterocycles. The van der Waals surface area contributed by atoms with Gasteiger partial charge in [-0.3, -0.25) is 9.59 Å². The number of benzene rings is 4. The molecule has 0 atom stereocenters. The number of ether oxygens (including phenoxy) is 2. The molecule has 1 aliphatic rings. The monoisotopic (exact) mass is 570 g/mol. The lowest BCUT2D eigenvalue weighted by atomic mass is 10.0. The summed E-state index contributed by atoms with van der Waals surface area (Å²) >= 11 is 3.46. The Hall–Kier alpha value is -4.43. The lowest BCUT2D eigenvalue weighted by Crippen LogP contribution is -2.57. The summed E-state index contributed by atoms with van der Waals surface area (Å²) < 4.78 is 11.4. The number of halogens is 1. The van der Waals surface area contributed by atoms with E-state index in [-0.39, 0.29) is 5.57 Å². The van der Waals surface area contributed by atoms with Crippen molar-refractivity contribution in [3.63, 3.8) is 0 Å². The molecule has 4 aromatic carbocycles. The van der Waals surface area contributed by atoms with Gasteiger partial charge >= 0.3 is 6.03 Å². The van der Waals surface area contributed by atoms with Gasteiger partial charge in [0.15, 0.2) is 11.5 Å². The van der Waals surface area contributed by atoms with Gasteiger partial charge in [-0.2, -0.15) is 0 Å². The smallest absolute Gasteiger partial charge is 0.343 e. The van der Waals surface area contributed by atoms with Crippen molar-refractivity contribution in [2.45, 2.75) is 6.92 Å². The number of urea groups is 1. The van der Waals surface area contributed by atoms with Crippen LogP contribution < -0.4 is 19.3 Å². The Balaban J connectivity index is 1.73. The fourth-order valence-electron chi connectivity index (χ4n) is 4.53. The van der Waals surface area contributed by atoms with Gasteiger partial charge in [0, 0.05) is 5.39 Å². The highest BCUT2D eigenvalue weighted by Gasteiger charge is 2.44. The summed E-state index contributed by atoms with van der Waals surface area (Å²) in [5.74, 6) is -0.536. The quantitative estimate of drug-likeness (QED) is 0.202. The first-order chi connectivity index (χ1) is 18.3. The molecule has 1 saturated heterocycles. The van der Waals surface area contributed by atoms with Crippen molar-refractivity contribution in [3.8, 4) is 11.5 Å². The van der Waals surface area contributed by atoms with E-state index < -0.39 is 17.8 Å². The zero-order valence-electron chi connectivity index (χ0n) is 20.9. The maximum Gasteiger partial charge on any atom is 0.343 e. The zero-order valence-corrected chi connectivity index (χ0v) is 22.5. The van der Waals surface area contributed by atoms with Gasteiger partial charge in [0.25, 0.3) is 11.8 Å². The minimum atomic E-state index is -0.743. The Labute approximate surface area is 228 Å². The Morgan fingerprint density at radius 3 is 2.24 bits per heavy atom. The largest absolute Gasteiger partial charge is 0.493 e. The molecular formula is C30H23BrN2O5. The van der Waals surface area contributed by atoms with E-state index in [9.17, 15) is 14.4 Å². The molecule has 0 bridgehead atoms. The van der Waals surface area contributed by atoms with Crippen LogP contribution >= 0.6 is 15.9 Å². The van der Waals surface area contributed by atoms with Gasteiger partial charge in [-0.25, -0.2) is 14.6 Å². The van der Waals surface area contributed by atoms with Gasteiger partial charge in [-0.05, 0) is 75.8 Å². The van der Waals surface area contributed by atoms with Gasteiger partial charge in [-0.1, -0.05) is 48.5 Å². The predicted molar refractivity (Wildman–Crippen MR) is 151 cm³/mol. The van der Waals surface area contributed by atoms with E-state index in [0.29, 0.717) is 38.3 Å². The van der Waals surface area contributed by atoms with Crippen LogP contribution in [-0.2, 0) is 9.59 Å². The lowest BCUT2D eigenvalue weighted by molar-refractivity contribution is -0.121. The molecule has 4 amide bonds. The normalized spacial score (nSPS) is 14.9. The highest BCUT2D eigenvalue weighted by molar-refractivity contribution is 9.10. The minimum absolute atomic E-state index is 0.168. The molecule has 1 fully saturated rings. The summed E-state index contributed by atoms with van der Waals surface area (Å²) in [6.07, 6.45) is 1.46. The summed E-state index contributed by atoms with van der Waals surface area (Å²) in [6, 6.07) is 22.5. The summed E-state index contributed by atoms with van der Waals surface area (Å²) in [7, 11) is 3.01. The number of hydrogen-bond acceptors (Lipinski definition) is 5. The maximum absolute atomic E-state index is 13.9. The van der Waals surface area contributed by atoms with E-state index in [1.807, 2.05) is 43.3 Å². The topological polar surface area (TPSA) is 76.2 Å². The molecule has 1 aliphatic heterocycles. The maximum atomic E-state index is 13.9.